The van der Waals surface area contributed by atoms with Gasteiger partial charge >= 0.3 is 17.9 Å². The molecule has 2 aliphatic carbocycles. The summed E-state index contributed by atoms with van der Waals surface area (Å²) in [4.78, 5) is 34.1. The number of fused-ring (bicyclic) bond motifs is 5. The normalized spacial score (nSPS) is 46.8. The van der Waals surface area contributed by atoms with Crippen LogP contribution in [0.4, 0.5) is 0 Å². The molecule has 3 fully saturated rings. The Labute approximate surface area is 85.4 Å². The third kappa shape index (κ3) is 0.820. The topological polar surface area (TPSA) is 80.7 Å². The summed E-state index contributed by atoms with van der Waals surface area (Å²) in [6, 6.07) is 0. The standard InChI is InChI=1S/C10H10O5/c11-7-5-4-1-2-10(3-4,9(13)14)6(5)8(12)15-7/h4-6H,1-3H2,(H,13,14). The number of esters is 2. The van der Waals surface area contributed by atoms with Crippen LogP contribution in [0.25, 0.3) is 0 Å². The molecule has 1 heterocycles. The zero-order valence-corrected chi connectivity index (χ0v) is 7.93. The van der Waals surface area contributed by atoms with Crippen molar-refractivity contribution in [1.82, 2.24) is 0 Å². The predicted molar refractivity (Wildman–Crippen MR) is 45.5 cm³/mol. The van der Waals surface area contributed by atoms with Gasteiger partial charge in [-0.1, -0.05) is 0 Å². The van der Waals surface area contributed by atoms with E-state index >= 15 is 0 Å². The van der Waals surface area contributed by atoms with Crippen LogP contribution in [0.2, 0.25) is 0 Å². The van der Waals surface area contributed by atoms with Gasteiger partial charge in [0, 0.05) is 0 Å². The van der Waals surface area contributed by atoms with Crippen molar-refractivity contribution in [2.45, 2.75) is 19.3 Å². The molecule has 0 aromatic carbocycles. The monoisotopic (exact) mass is 210 g/mol. The SMILES string of the molecule is O=C1OC(=O)C2C1C1CCC2(C(=O)O)C1. The summed E-state index contributed by atoms with van der Waals surface area (Å²) < 4.78 is 4.54. The van der Waals surface area contributed by atoms with Gasteiger partial charge in [0.05, 0.1) is 17.3 Å². The van der Waals surface area contributed by atoms with Crippen molar-refractivity contribution in [3.63, 3.8) is 0 Å². The number of rotatable bonds is 1. The maximum absolute atomic E-state index is 11.5. The molecule has 0 aromatic rings. The van der Waals surface area contributed by atoms with E-state index in [4.69, 9.17) is 0 Å². The predicted octanol–water partition coefficient (Wildman–Crippen LogP) is 0.187. The van der Waals surface area contributed by atoms with Gasteiger partial charge in [-0.25, -0.2) is 0 Å². The molecule has 0 amide bonds. The van der Waals surface area contributed by atoms with Gasteiger partial charge in [0.1, 0.15) is 0 Å². The van der Waals surface area contributed by atoms with Crippen molar-refractivity contribution in [1.29, 1.82) is 0 Å². The molecular weight excluding hydrogens is 200 g/mol. The Kier molecular flexibility index (Phi) is 1.42. The van der Waals surface area contributed by atoms with Crippen molar-refractivity contribution in [2.75, 3.05) is 0 Å². The zero-order chi connectivity index (χ0) is 10.8. The van der Waals surface area contributed by atoms with Crippen molar-refractivity contribution in [3.05, 3.63) is 0 Å². The summed E-state index contributed by atoms with van der Waals surface area (Å²) in [6.07, 6.45) is 1.67. The number of carbonyl (C=O) groups is 3. The summed E-state index contributed by atoms with van der Waals surface area (Å²) in [5.74, 6) is -3.27. The molecule has 2 bridgehead atoms. The Morgan fingerprint density at radius 3 is 2.80 bits per heavy atom. The van der Waals surface area contributed by atoms with Crippen molar-refractivity contribution in [2.24, 2.45) is 23.2 Å². The Balaban J connectivity index is 2.10. The second-order valence-electron chi connectivity index (χ2n) is 4.71. The van der Waals surface area contributed by atoms with Gasteiger partial charge < -0.3 is 9.84 Å². The highest BCUT2D eigenvalue weighted by molar-refractivity contribution is 6.01. The fraction of sp³-hybridized carbons (Fsp3) is 0.700. The summed E-state index contributed by atoms with van der Waals surface area (Å²) in [6.45, 7) is 0. The number of carboxylic acid groups (broad SMARTS) is 1. The first-order chi connectivity index (χ1) is 7.06. The summed E-state index contributed by atoms with van der Waals surface area (Å²) in [5.41, 5.74) is -1.02. The van der Waals surface area contributed by atoms with Crippen LogP contribution in [0.1, 0.15) is 19.3 Å². The second kappa shape index (κ2) is 2.40. The number of hydrogen-bond acceptors (Lipinski definition) is 4. The van der Waals surface area contributed by atoms with Crippen LogP contribution in [0, 0.1) is 23.2 Å². The molecule has 15 heavy (non-hydrogen) atoms. The summed E-state index contributed by atoms with van der Waals surface area (Å²) in [5, 5.41) is 9.22. The van der Waals surface area contributed by atoms with Crippen molar-refractivity contribution in [3.8, 4) is 0 Å². The average Bonchev–Trinajstić information content (AvgIpc) is 2.78. The van der Waals surface area contributed by atoms with Crippen LogP contribution < -0.4 is 0 Å². The molecule has 1 aliphatic heterocycles. The number of carboxylic acids is 1. The molecule has 1 N–H and O–H groups in total. The first-order valence-corrected chi connectivity index (χ1v) is 5.05. The lowest BCUT2D eigenvalue weighted by Crippen LogP contribution is -2.39. The fourth-order valence-electron chi connectivity index (χ4n) is 3.58. The molecule has 3 aliphatic rings. The molecule has 2 saturated carbocycles. The largest absolute Gasteiger partial charge is 0.481 e. The molecule has 0 radical (unpaired) electrons. The summed E-state index contributed by atoms with van der Waals surface area (Å²) >= 11 is 0. The van der Waals surface area contributed by atoms with Crippen LogP contribution in [0.15, 0.2) is 0 Å². The lowest BCUT2D eigenvalue weighted by molar-refractivity contribution is -0.161. The van der Waals surface area contributed by atoms with E-state index in [-0.39, 0.29) is 5.92 Å². The van der Waals surface area contributed by atoms with Gasteiger partial charge in [-0.15, -0.1) is 0 Å². The lowest BCUT2D eigenvalue weighted by Gasteiger charge is -2.27. The Morgan fingerprint density at radius 2 is 2.13 bits per heavy atom. The Morgan fingerprint density at radius 1 is 1.40 bits per heavy atom. The maximum atomic E-state index is 11.5. The third-order valence-corrected chi connectivity index (χ3v) is 4.20. The van der Waals surface area contributed by atoms with Crippen LogP contribution in [-0.4, -0.2) is 23.0 Å². The first kappa shape index (κ1) is 8.88. The van der Waals surface area contributed by atoms with Crippen molar-refractivity contribution >= 4 is 17.9 Å². The first-order valence-electron chi connectivity index (χ1n) is 5.05. The minimum Gasteiger partial charge on any atom is -0.481 e. The minimum absolute atomic E-state index is 0.0325. The van der Waals surface area contributed by atoms with E-state index in [1.807, 2.05) is 0 Å². The van der Waals surface area contributed by atoms with Gasteiger partial charge in [-0.05, 0) is 25.2 Å². The Bertz CT molecular complexity index is 387. The number of cyclic esters (lactones) is 2. The van der Waals surface area contributed by atoms with E-state index < -0.39 is 35.2 Å². The molecule has 0 aromatic heterocycles. The fourth-order valence-corrected chi connectivity index (χ4v) is 3.58. The molecule has 3 rings (SSSR count). The number of carbonyl (C=O) groups excluding carboxylic acids is 2. The molecule has 5 heteroatoms. The van der Waals surface area contributed by atoms with Crippen LogP contribution in [0.5, 0.6) is 0 Å². The number of ether oxygens (including phenoxy) is 1. The number of hydrogen-bond donors (Lipinski definition) is 1. The molecule has 4 atom stereocenters. The molecule has 0 spiro atoms. The van der Waals surface area contributed by atoms with E-state index in [0.717, 1.165) is 6.42 Å². The highest BCUT2D eigenvalue weighted by Crippen LogP contribution is 2.63. The van der Waals surface area contributed by atoms with Crippen LogP contribution in [0.3, 0.4) is 0 Å². The highest BCUT2D eigenvalue weighted by Gasteiger charge is 2.70. The molecule has 1 saturated heterocycles. The second-order valence-corrected chi connectivity index (χ2v) is 4.71. The Hall–Kier alpha value is -1.39. The van der Waals surface area contributed by atoms with E-state index in [1.165, 1.54) is 0 Å². The highest BCUT2D eigenvalue weighted by atomic mass is 16.6. The van der Waals surface area contributed by atoms with Gasteiger partial charge in [0.2, 0.25) is 0 Å². The molecule has 4 unspecified atom stereocenters. The van der Waals surface area contributed by atoms with Gasteiger partial charge in [-0.3, -0.25) is 14.4 Å². The van der Waals surface area contributed by atoms with Crippen LogP contribution in [-0.2, 0) is 19.1 Å². The third-order valence-electron chi connectivity index (χ3n) is 4.20. The van der Waals surface area contributed by atoms with E-state index in [0.29, 0.717) is 12.8 Å². The van der Waals surface area contributed by atoms with E-state index in [2.05, 4.69) is 4.74 Å². The zero-order valence-electron chi connectivity index (χ0n) is 7.93. The average molecular weight is 210 g/mol. The maximum Gasteiger partial charge on any atom is 0.318 e. The molecule has 5 nitrogen and oxygen atoms in total. The lowest BCUT2D eigenvalue weighted by atomic mass is 9.71. The smallest absolute Gasteiger partial charge is 0.318 e. The van der Waals surface area contributed by atoms with Gasteiger partial charge in [0.15, 0.2) is 0 Å². The van der Waals surface area contributed by atoms with Crippen LogP contribution >= 0.6 is 0 Å². The number of aliphatic carboxylic acids is 1. The summed E-state index contributed by atoms with van der Waals surface area (Å²) in [7, 11) is 0. The molecule has 80 valence electrons. The molecular formula is C10H10O5. The van der Waals surface area contributed by atoms with E-state index in [1.54, 1.807) is 0 Å². The minimum atomic E-state index is -1.02. The van der Waals surface area contributed by atoms with Gasteiger partial charge in [0.25, 0.3) is 0 Å². The van der Waals surface area contributed by atoms with E-state index in [9.17, 15) is 19.5 Å². The van der Waals surface area contributed by atoms with Crippen molar-refractivity contribution < 1.29 is 24.2 Å². The van der Waals surface area contributed by atoms with Gasteiger partial charge in [-0.2, -0.15) is 0 Å². The quantitative estimate of drug-likeness (QED) is 0.493.